The Labute approximate surface area is 127 Å². The minimum Gasteiger partial charge on any atom is -0.435 e. The highest BCUT2D eigenvalue weighted by atomic mass is 79.9. The molecule has 6 heteroatoms. The second-order valence-corrected chi connectivity index (χ2v) is 5.35. The summed E-state index contributed by atoms with van der Waals surface area (Å²) >= 11 is 3.33. The highest BCUT2D eigenvalue weighted by molar-refractivity contribution is 9.09. The Morgan fingerprint density at radius 2 is 1.62 bits per heavy atom. The van der Waals surface area contributed by atoms with Crippen LogP contribution in [0.4, 0.5) is 17.6 Å². The van der Waals surface area contributed by atoms with Crippen molar-refractivity contribution in [3.8, 4) is 5.75 Å². The molecule has 0 spiro atoms. The van der Waals surface area contributed by atoms with Crippen LogP contribution in [0.25, 0.3) is 0 Å². The van der Waals surface area contributed by atoms with Gasteiger partial charge in [0.25, 0.3) is 0 Å². The number of halogens is 5. The molecule has 0 amide bonds. The van der Waals surface area contributed by atoms with Crippen LogP contribution in [0.5, 0.6) is 5.75 Å². The van der Waals surface area contributed by atoms with E-state index in [4.69, 9.17) is 0 Å². The molecular formula is C15H11BrF4O. The molecule has 2 aromatic rings. The molecule has 0 N–H and O–H groups in total. The predicted octanol–water partition coefficient (Wildman–Crippen LogP) is 5.36. The Hall–Kier alpha value is -1.56. The van der Waals surface area contributed by atoms with Crippen LogP contribution in [-0.4, -0.2) is 6.61 Å². The molecule has 1 unspecified atom stereocenters. The van der Waals surface area contributed by atoms with Crippen LogP contribution in [0.2, 0.25) is 0 Å². The summed E-state index contributed by atoms with van der Waals surface area (Å²) in [5, 5.41) is 0. The number of ether oxygens (including phenoxy) is 1. The molecule has 2 aromatic carbocycles. The second-order valence-electron chi connectivity index (χ2n) is 4.43. The smallest absolute Gasteiger partial charge is 0.387 e. The standard InChI is InChI=1S/C15H11BrF4O/c1-8-6-11(13(18)7-12(8)17)14(16)9-2-4-10(5-3-9)21-15(19)20/h2-7,14-15H,1H3. The van der Waals surface area contributed by atoms with Gasteiger partial charge in [0, 0.05) is 11.6 Å². The molecule has 0 bridgehead atoms. The molecule has 1 nitrogen and oxygen atoms in total. The lowest BCUT2D eigenvalue weighted by molar-refractivity contribution is -0.0498. The molecule has 0 aliphatic rings. The van der Waals surface area contributed by atoms with Gasteiger partial charge in [-0.2, -0.15) is 8.78 Å². The van der Waals surface area contributed by atoms with E-state index >= 15 is 0 Å². The number of hydrogen-bond acceptors (Lipinski definition) is 1. The van der Waals surface area contributed by atoms with E-state index in [0.717, 1.165) is 6.07 Å². The maximum absolute atomic E-state index is 13.8. The lowest BCUT2D eigenvalue weighted by Crippen LogP contribution is -2.02. The van der Waals surface area contributed by atoms with Gasteiger partial charge in [-0.3, -0.25) is 0 Å². The molecule has 0 aliphatic carbocycles. The van der Waals surface area contributed by atoms with Crippen molar-refractivity contribution >= 4 is 15.9 Å². The van der Waals surface area contributed by atoms with Gasteiger partial charge in [0.1, 0.15) is 17.4 Å². The first-order chi connectivity index (χ1) is 9.88. The van der Waals surface area contributed by atoms with Crippen molar-refractivity contribution in [3.05, 3.63) is 64.7 Å². The Balaban J connectivity index is 2.27. The molecule has 2 rings (SSSR count). The van der Waals surface area contributed by atoms with Gasteiger partial charge in [0.2, 0.25) is 0 Å². The lowest BCUT2D eigenvalue weighted by Gasteiger charge is -2.14. The van der Waals surface area contributed by atoms with Crippen molar-refractivity contribution < 1.29 is 22.3 Å². The molecule has 0 aromatic heterocycles. The zero-order valence-corrected chi connectivity index (χ0v) is 12.5. The largest absolute Gasteiger partial charge is 0.435 e. The second kappa shape index (κ2) is 6.47. The van der Waals surface area contributed by atoms with Gasteiger partial charge in [-0.1, -0.05) is 28.1 Å². The Kier molecular flexibility index (Phi) is 4.88. The molecule has 1 atom stereocenters. The summed E-state index contributed by atoms with van der Waals surface area (Å²) in [6, 6.07) is 8.04. The van der Waals surface area contributed by atoms with E-state index in [0.29, 0.717) is 11.1 Å². The van der Waals surface area contributed by atoms with Crippen molar-refractivity contribution in [2.24, 2.45) is 0 Å². The molecule has 21 heavy (non-hydrogen) atoms. The van der Waals surface area contributed by atoms with E-state index in [1.54, 1.807) is 0 Å². The van der Waals surface area contributed by atoms with Crippen LogP contribution in [0, 0.1) is 18.6 Å². The van der Waals surface area contributed by atoms with E-state index in [2.05, 4.69) is 20.7 Å². The van der Waals surface area contributed by atoms with Crippen molar-refractivity contribution in [3.63, 3.8) is 0 Å². The van der Waals surface area contributed by atoms with Crippen LogP contribution in [0.15, 0.2) is 36.4 Å². The first-order valence-electron chi connectivity index (χ1n) is 6.03. The highest BCUT2D eigenvalue weighted by Gasteiger charge is 2.17. The van der Waals surface area contributed by atoms with Gasteiger partial charge >= 0.3 is 6.61 Å². The van der Waals surface area contributed by atoms with Gasteiger partial charge in [0.05, 0.1) is 4.83 Å². The normalized spacial score (nSPS) is 12.5. The molecule has 0 aliphatic heterocycles. The summed E-state index contributed by atoms with van der Waals surface area (Å²) in [6.45, 7) is -1.36. The Morgan fingerprint density at radius 3 is 2.19 bits per heavy atom. The molecule has 0 radical (unpaired) electrons. The Bertz CT molecular complexity index is 628. The molecule has 0 saturated heterocycles. The van der Waals surface area contributed by atoms with E-state index in [-0.39, 0.29) is 11.3 Å². The van der Waals surface area contributed by atoms with Crippen LogP contribution in [0.1, 0.15) is 21.5 Å². The third-order valence-corrected chi connectivity index (χ3v) is 3.97. The topological polar surface area (TPSA) is 9.23 Å². The molecular weight excluding hydrogens is 352 g/mol. The van der Waals surface area contributed by atoms with Crippen LogP contribution < -0.4 is 4.74 Å². The maximum atomic E-state index is 13.8. The average Bonchev–Trinajstić information content (AvgIpc) is 2.42. The Morgan fingerprint density at radius 1 is 1.00 bits per heavy atom. The number of aryl methyl sites for hydroxylation is 1. The predicted molar refractivity (Wildman–Crippen MR) is 74.9 cm³/mol. The van der Waals surface area contributed by atoms with Crippen LogP contribution in [-0.2, 0) is 0 Å². The number of alkyl halides is 3. The summed E-state index contributed by atoms with van der Waals surface area (Å²) in [4.78, 5) is -0.516. The molecule has 0 fully saturated rings. The van der Waals surface area contributed by atoms with Crippen LogP contribution in [0.3, 0.4) is 0 Å². The zero-order valence-electron chi connectivity index (χ0n) is 10.9. The minimum absolute atomic E-state index is 0.0178. The fourth-order valence-electron chi connectivity index (χ4n) is 1.87. The van der Waals surface area contributed by atoms with E-state index < -0.39 is 23.1 Å². The first kappa shape index (κ1) is 15.8. The summed E-state index contributed by atoms with van der Waals surface area (Å²) in [6.07, 6.45) is 0. The van der Waals surface area contributed by atoms with Crippen molar-refractivity contribution in [2.75, 3.05) is 0 Å². The van der Waals surface area contributed by atoms with Gasteiger partial charge in [-0.15, -0.1) is 0 Å². The molecule has 112 valence electrons. The first-order valence-corrected chi connectivity index (χ1v) is 6.94. The zero-order chi connectivity index (χ0) is 15.6. The monoisotopic (exact) mass is 362 g/mol. The van der Waals surface area contributed by atoms with Crippen molar-refractivity contribution in [1.82, 2.24) is 0 Å². The third-order valence-electron chi connectivity index (χ3n) is 2.95. The summed E-state index contributed by atoms with van der Waals surface area (Å²) in [5.41, 5.74) is 1.24. The summed E-state index contributed by atoms with van der Waals surface area (Å²) < 4.78 is 55.4. The van der Waals surface area contributed by atoms with Crippen molar-refractivity contribution in [1.29, 1.82) is 0 Å². The van der Waals surface area contributed by atoms with Gasteiger partial charge in [-0.25, -0.2) is 8.78 Å². The van der Waals surface area contributed by atoms with Gasteiger partial charge in [0.15, 0.2) is 0 Å². The van der Waals surface area contributed by atoms with E-state index in [1.807, 2.05) is 0 Å². The van der Waals surface area contributed by atoms with Crippen LogP contribution >= 0.6 is 15.9 Å². The summed E-state index contributed by atoms with van der Waals surface area (Å²) in [7, 11) is 0. The maximum Gasteiger partial charge on any atom is 0.387 e. The fraction of sp³-hybridized carbons (Fsp3) is 0.200. The van der Waals surface area contributed by atoms with Gasteiger partial charge < -0.3 is 4.74 Å². The number of hydrogen-bond donors (Lipinski definition) is 0. The fourth-order valence-corrected chi connectivity index (χ4v) is 2.53. The minimum atomic E-state index is -2.90. The molecule has 0 heterocycles. The number of benzene rings is 2. The quantitative estimate of drug-likeness (QED) is 0.525. The van der Waals surface area contributed by atoms with Gasteiger partial charge in [-0.05, 0) is 36.2 Å². The molecule has 0 saturated carbocycles. The highest BCUT2D eigenvalue weighted by Crippen LogP contribution is 2.34. The third kappa shape index (κ3) is 3.75. The number of rotatable bonds is 4. The summed E-state index contributed by atoms with van der Waals surface area (Å²) in [5.74, 6) is -1.27. The SMILES string of the molecule is Cc1cc(C(Br)c2ccc(OC(F)F)cc2)c(F)cc1F. The van der Waals surface area contributed by atoms with E-state index in [1.165, 1.54) is 37.3 Å². The van der Waals surface area contributed by atoms with Crippen molar-refractivity contribution in [2.45, 2.75) is 18.4 Å². The average molecular weight is 363 g/mol. The van der Waals surface area contributed by atoms with E-state index in [9.17, 15) is 17.6 Å². The lowest BCUT2D eigenvalue weighted by atomic mass is 10.0.